The van der Waals surface area contributed by atoms with Crippen molar-refractivity contribution in [1.82, 2.24) is 4.31 Å². The highest BCUT2D eigenvalue weighted by molar-refractivity contribution is 7.89. The molecule has 2 aromatic carbocycles. The number of nitrogens with one attached hydrogen (secondary N) is 1. The van der Waals surface area contributed by atoms with E-state index in [0.29, 0.717) is 24.6 Å². The van der Waals surface area contributed by atoms with Crippen LogP contribution in [0.2, 0.25) is 0 Å². The van der Waals surface area contributed by atoms with Gasteiger partial charge < -0.3 is 5.32 Å². The van der Waals surface area contributed by atoms with Crippen molar-refractivity contribution >= 4 is 21.6 Å². The highest BCUT2D eigenvalue weighted by Crippen LogP contribution is 2.26. The van der Waals surface area contributed by atoms with Crippen molar-refractivity contribution in [3.8, 4) is 0 Å². The third kappa shape index (κ3) is 4.39. The quantitative estimate of drug-likeness (QED) is 0.845. The van der Waals surface area contributed by atoms with Gasteiger partial charge in [-0.15, -0.1) is 0 Å². The summed E-state index contributed by atoms with van der Waals surface area (Å²) in [6.45, 7) is 4.59. The zero-order chi connectivity index (χ0) is 19.4. The Bertz CT molecular complexity index is 877. The van der Waals surface area contributed by atoms with E-state index in [1.54, 1.807) is 30.3 Å². The zero-order valence-corrected chi connectivity index (χ0v) is 16.6. The average Bonchev–Trinajstić information content (AvgIpc) is 2.69. The number of piperidine rings is 1. The fraction of sp³-hybridized carbons (Fsp3) is 0.381. The minimum atomic E-state index is -3.69. The molecule has 1 fully saturated rings. The number of carbonyl (C=O) groups is 1. The minimum absolute atomic E-state index is 0.228. The fourth-order valence-electron chi connectivity index (χ4n) is 3.36. The summed E-state index contributed by atoms with van der Waals surface area (Å²) in [4.78, 5) is 13.1. The van der Waals surface area contributed by atoms with Gasteiger partial charge in [0.1, 0.15) is 6.04 Å². The van der Waals surface area contributed by atoms with Crippen LogP contribution in [0.5, 0.6) is 0 Å². The van der Waals surface area contributed by atoms with Gasteiger partial charge in [-0.25, -0.2) is 8.42 Å². The highest BCUT2D eigenvalue weighted by atomic mass is 32.2. The van der Waals surface area contributed by atoms with E-state index >= 15 is 0 Å². The summed E-state index contributed by atoms with van der Waals surface area (Å²) >= 11 is 0. The molecule has 0 bridgehead atoms. The second-order valence-electron chi connectivity index (χ2n) is 7.21. The largest absolute Gasteiger partial charge is 0.325 e. The van der Waals surface area contributed by atoms with Crippen LogP contribution >= 0.6 is 0 Å². The minimum Gasteiger partial charge on any atom is -0.325 e. The maximum Gasteiger partial charge on any atom is 0.243 e. The van der Waals surface area contributed by atoms with E-state index in [4.69, 9.17) is 0 Å². The molecule has 0 saturated carbocycles. The van der Waals surface area contributed by atoms with Crippen molar-refractivity contribution in [3.63, 3.8) is 0 Å². The Hall–Kier alpha value is -2.18. The van der Waals surface area contributed by atoms with Gasteiger partial charge in [0, 0.05) is 12.2 Å². The number of nitrogens with zero attached hydrogens (tertiary/aromatic N) is 1. The highest BCUT2D eigenvalue weighted by Gasteiger charge is 2.37. The van der Waals surface area contributed by atoms with E-state index in [2.05, 4.69) is 19.2 Å². The number of hydrogen-bond acceptors (Lipinski definition) is 3. The van der Waals surface area contributed by atoms with E-state index in [1.165, 1.54) is 9.87 Å². The Labute approximate surface area is 161 Å². The number of amides is 1. The zero-order valence-electron chi connectivity index (χ0n) is 15.8. The van der Waals surface area contributed by atoms with Crippen molar-refractivity contribution in [2.24, 2.45) is 0 Å². The molecule has 144 valence electrons. The van der Waals surface area contributed by atoms with Gasteiger partial charge in [-0.3, -0.25) is 4.79 Å². The first-order valence-corrected chi connectivity index (χ1v) is 10.8. The fourth-order valence-corrected chi connectivity index (χ4v) is 5.04. The summed E-state index contributed by atoms with van der Waals surface area (Å²) in [6, 6.07) is 15.3. The van der Waals surface area contributed by atoms with Gasteiger partial charge in [-0.2, -0.15) is 4.31 Å². The first-order valence-electron chi connectivity index (χ1n) is 9.37. The molecule has 6 heteroatoms. The number of anilines is 1. The van der Waals surface area contributed by atoms with Crippen LogP contribution in [0.15, 0.2) is 59.5 Å². The van der Waals surface area contributed by atoms with Crippen LogP contribution in [0.25, 0.3) is 0 Å². The second kappa shape index (κ2) is 8.23. The predicted molar refractivity (Wildman–Crippen MR) is 107 cm³/mol. The lowest BCUT2D eigenvalue weighted by Gasteiger charge is -2.33. The molecule has 0 radical (unpaired) electrons. The second-order valence-corrected chi connectivity index (χ2v) is 9.10. The number of rotatable bonds is 5. The van der Waals surface area contributed by atoms with Gasteiger partial charge in [0.15, 0.2) is 0 Å². The number of sulfonamides is 1. The van der Waals surface area contributed by atoms with E-state index in [0.717, 1.165) is 12.8 Å². The summed E-state index contributed by atoms with van der Waals surface area (Å²) in [5, 5.41) is 2.89. The Morgan fingerprint density at radius 2 is 1.70 bits per heavy atom. The molecule has 1 saturated heterocycles. The molecule has 3 rings (SSSR count). The molecule has 1 N–H and O–H groups in total. The molecule has 0 spiro atoms. The number of benzene rings is 2. The van der Waals surface area contributed by atoms with E-state index in [1.807, 2.05) is 24.3 Å². The Morgan fingerprint density at radius 3 is 2.33 bits per heavy atom. The SMILES string of the molecule is CC(C)c1ccc(NC(=O)[C@H]2CCCCN2S(=O)(=O)c2ccccc2)cc1. The van der Waals surface area contributed by atoms with Crippen molar-refractivity contribution in [2.45, 2.75) is 50.0 Å². The Morgan fingerprint density at radius 1 is 1.04 bits per heavy atom. The van der Waals surface area contributed by atoms with Gasteiger partial charge in [-0.05, 0) is 48.6 Å². The molecule has 1 aliphatic rings. The molecule has 1 heterocycles. The lowest BCUT2D eigenvalue weighted by Crippen LogP contribution is -2.49. The molecule has 5 nitrogen and oxygen atoms in total. The van der Waals surface area contributed by atoms with Gasteiger partial charge in [-0.1, -0.05) is 50.6 Å². The van der Waals surface area contributed by atoms with Crippen molar-refractivity contribution in [1.29, 1.82) is 0 Å². The Balaban J connectivity index is 1.79. The lowest BCUT2D eigenvalue weighted by molar-refractivity contribution is -0.120. The van der Waals surface area contributed by atoms with Gasteiger partial charge in [0.05, 0.1) is 4.90 Å². The smallest absolute Gasteiger partial charge is 0.243 e. The van der Waals surface area contributed by atoms with Gasteiger partial charge in [0.25, 0.3) is 0 Å². The third-order valence-electron chi connectivity index (χ3n) is 4.95. The molecular weight excluding hydrogens is 360 g/mol. The van der Waals surface area contributed by atoms with E-state index in [9.17, 15) is 13.2 Å². The lowest BCUT2D eigenvalue weighted by atomic mass is 10.0. The van der Waals surface area contributed by atoms with E-state index in [-0.39, 0.29) is 10.8 Å². The molecule has 0 aliphatic carbocycles. The van der Waals surface area contributed by atoms with Crippen molar-refractivity contribution < 1.29 is 13.2 Å². The van der Waals surface area contributed by atoms with Crippen molar-refractivity contribution in [2.75, 3.05) is 11.9 Å². The van der Waals surface area contributed by atoms with Crippen LogP contribution in [0.1, 0.15) is 44.6 Å². The van der Waals surface area contributed by atoms with Crippen LogP contribution in [-0.4, -0.2) is 31.2 Å². The standard InChI is InChI=1S/C21H26N2O3S/c1-16(2)17-11-13-18(14-12-17)22-21(24)20-10-6-7-15-23(20)27(25,26)19-8-4-3-5-9-19/h3-5,8-9,11-14,16,20H,6-7,10,15H2,1-2H3,(H,22,24)/t20-/m1/s1. The molecular formula is C21H26N2O3S. The molecule has 0 unspecified atom stereocenters. The van der Waals surface area contributed by atoms with Gasteiger partial charge >= 0.3 is 0 Å². The molecule has 27 heavy (non-hydrogen) atoms. The monoisotopic (exact) mass is 386 g/mol. The van der Waals surface area contributed by atoms with Crippen LogP contribution in [-0.2, 0) is 14.8 Å². The van der Waals surface area contributed by atoms with Crippen LogP contribution in [0.3, 0.4) is 0 Å². The van der Waals surface area contributed by atoms with Gasteiger partial charge in [0.2, 0.25) is 15.9 Å². The van der Waals surface area contributed by atoms with Crippen molar-refractivity contribution in [3.05, 3.63) is 60.2 Å². The first kappa shape index (κ1) is 19.6. The summed E-state index contributed by atoms with van der Waals surface area (Å²) in [5.74, 6) is 0.145. The normalized spacial score (nSPS) is 18.4. The molecule has 0 aromatic heterocycles. The summed E-state index contributed by atoms with van der Waals surface area (Å²) < 4.78 is 27.4. The molecule has 2 aromatic rings. The average molecular weight is 387 g/mol. The summed E-state index contributed by atoms with van der Waals surface area (Å²) in [7, 11) is -3.69. The molecule has 1 atom stereocenters. The molecule has 1 amide bonds. The topological polar surface area (TPSA) is 66.5 Å². The maximum atomic E-state index is 13.0. The predicted octanol–water partition coefficient (Wildman–Crippen LogP) is 3.99. The van der Waals surface area contributed by atoms with Crippen LogP contribution in [0, 0.1) is 0 Å². The summed E-state index contributed by atoms with van der Waals surface area (Å²) in [5.41, 5.74) is 1.88. The Kier molecular flexibility index (Phi) is 5.97. The maximum absolute atomic E-state index is 13.0. The number of carbonyl (C=O) groups excluding carboxylic acids is 1. The van der Waals surface area contributed by atoms with Crippen LogP contribution in [0.4, 0.5) is 5.69 Å². The number of hydrogen-bond donors (Lipinski definition) is 1. The summed E-state index contributed by atoms with van der Waals surface area (Å²) in [6.07, 6.45) is 2.13. The van der Waals surface area contributed by atoms with E-state index < -0.39 is 16.1 Å². The third-order valence-corrected chi connectivity index (χ3v) is 6.87. The molecule has 1 aliphatic heterocycles. The first-order chi connectivity index (χ1) is 12.9. The van der Waals surface area contributed by atoms with Crippen LogP contribution < -0.4 is 5.32 Å².